The highest BCUT2D eigenvalue weighted by atomic mass is 35.5. The lowest BCUT2D eigenvalue weighted by Gasteiger charge is -2.25. The zero-order valence-electron chi connectivity index (χ0n) is 12.4. The Morgan fingerprint density at radius 3 is 2.83 bits per heavy atom. The van der Waals surface area contributed by atoms with E-state index in [0.29, 0.717) is 13.1 Å². The molecule has 7 heteroatoms. The third-order valence-corrected chi connectivity index (χ3v) is 5.19. The predicted molar refractivity (Wildman–Crippen MR) is 88.9 cm³/mol. The molecular formula is C17H13ClF3NOS. The van der Waals surface area contributed by atoms with E-state index < -0.39 is 11.7 Å². The quantitative estimate of drug-likeness (QED) is 0.679. The number of hydrogen-bond acceptors (Lipinski definition) is 2. The van der Waals surface area contributed by atoms with Gasteiger partial charge in [0, 0.05) is 24.0 Å². The predicted octanol–water partition coefficient (Wildman–Crippen LogP) is 5.02. The number of nitrogens with zero attached hydrogens (tertiary/aromatic N) is 1. The van der Waals surface area contributed by atoms with E-state index in [-0.39, 0.29) is 16.5 Å². The van der Waals surface area contributed by atoms with Gasteiger partial charge in [0.25, 0.3) is 0 Å². The molecule has 0 N–H and O–H groups in total. The van der Waals surface area contributed by atoms with Crippen LogP contribution in [0.25, 0.3) is 6.08 Å². The average Bonchev–Trinajstić information content (AvgIpc) is 3.00. The Hall–Kier alpha value is -1.79. The van der Waals surface area contributed by atoms with Gasteiger partial charge in [-0.15, -0.1) is 11.3 Å². The molecule has 2 nitrogen and oxygen atoms in total. The highest BCUT2D eigenvalue weighted by Crippen LogP contribution is 2.35. The van der Waals surface area contributed by atoms with Gasteiger partial charge in [-0.05, 0) is 47.2 Å². The van der Waals surface area contributed by atoms with Crippen LogP contribution in [0, 0.1) is 0 Å². The maximum absolute atomic E-state index is 12.8. The van der Waals surface area contributed by atoms with Gasteiger partial charge in [-0.3, -0.25) is 4.79 Å². The van der Waals surface area contributed by atoms with Crippen molar-refractivity contribution in [2.45, 2.75) is 19.1 Å². The van der Waals surface area contributed by atoms with Gasteiger partial charge < -0.3 is 4.90 Å². The molecule has 2 heterocycles. The normalized spacial score (nSPS) is 14.9. The Balaban J connectivity index is 1.73. The van der Waals surface area contributed by atoms with E-state index in [1.54, 1.807) is 16.2 Å². The van der Waals surface area contributed by atoms with Gasteiger partial charge in [0.2, 0.25) is 5.91 Å². The van der Waals surface area contributed by atoms with Crippen LogP contribution in [0.1, 0.15) is 21.6 Å². The largest absolute Gasteiger partial charge is 0.417 e. The molecule has 3 rings (SSSR count). The first-order valence-corrected chi connectivity index (χ1v) is 8.49. The van der Waals surface area contributed by atoms with E-state index in [9.17, 15) is 18.0 Å². The fraction of sp³-hybridized carbons (Fsp3) is 0.235. The second-order valence-corrected chi connectivity index (χ2v) is 6.86. The van der Waals surface area contributed by atoms with Crippen molar-refractivity contribution < 1.29 is 18.0 Å². The summed E-state index contributed by atoms with van der Waals surface area (Å²) >= 11 is 7.26. The molecule has 0 unspecified atom stereocenters. The molecule has 0 radical (unpaired) electrons. The molecule has 0 atom stereocenters. The summed E-state index contributed by atoms with van der Waals surface area (Å²) in [5.41, 5.74) is 0.520. The van der Waals surface area contributed by atoms with Crippen molar-refractivity contribution >= 4 is 34.9 Å². The number of fused-ring (bicyclic) bond motifs is 1. The smallest absolute Gasteiger partial charge is 0.334 e. The van der Waals surface area contributed by atoms with E-state index in [1.807, 2.05) is 11.4 Å². The number of hydrogen-bond donors (Lipinski definition) is 0. The minimum Gasteiger partial charge on any atom is -0.334 e. The van der Waals surface area contributed by atoms with Crippen molar-refractivity contribution in [2.75, 3.05) is 6.54 Å². The maximum atomic E-state index is 12.8. The Labute approximate surface area is 146 Å². The Morgan fingerprint density at radius 2 is 2.08 bits per heavy atom. The third-order valence-electron chi connectivity index (χ3n) is 3.83. The standard InChI is InChI=1S/C17H13ClF3NOS/c18-14-3-1-11(9-13(14)17(19,20)21)2-4-16(23)22-7-5-15-12(10-22)6-8-24-15/h1-4,6,8-9H,5,7,10H2/b4-2+. The van der Waals surface area contributed by atoms with Gasteiger partial charge in [0.15, 0.2) is 0 Å². The molecule has 0 bridgehead atoms. The van der Waals surface area contributed by atoms with Crippen molar-refractivity contribution in [3.63, 3.8) is 0 Å². The van der Waals surface area contributed by atoms with Crippen LogP contribution in [-0.4, -0.2) is 17.4 Å². The molecule has 0 saturated carbocycles. The monoisotopic (exact) mass is 371 g/mol. The van der Waals surface area contributed by atoms with Crippen LogP contribution < -0.4 is 0 Å². The van der Waals surface area contributed by atoms with Crippen molar-refractivity contribution in [1.29, 1.82) is 0 Å². The van der Waals surface area contributed by atoms with Crippen molar-refractivity contribution in [3.8, 4) is 0 Å². The fourth-order valence-corrected chi connectivity index (χ4v) is 3.69. The molecule has 1 aromatic heterocycles. The van der Waals surface area contributed by atoms with Gasteiger partial charge in [-0.2, -0.15) is 13.2 Å². The first-order valence-electron chi connectivity index (χ1n) is 7.23. The van der Waals surface area contributed by atoms with Crippen LogP contribution in [0.3, 0.4) is 0 Å². The summed E-state index contributed by atoms with van der Waals surface area (Å²) in [5.74, 6) is -0.213. The van der Waals surface area contributed by atoms with Gasteiger partial charge in [-0.25, -0.2) is 0 Å². The van der Waals surface area contributed by atoms with Crippen LogP contribution in [-0.2, 0) is 23.9 Å². The first kappa shape index (κ1) is 17.0. The Kier molecular flexibility index (Phi) is 4.69. The molecule has 1 amide bonds. The third kappa shape index (κ3) is 3.65. The molecule has 0 fully saturated rings. The van der Waals surface area contributed by atoms with Gasteiger partial charge in [0.05, 0.1) is 10.6 Å². The van der Waals surface area contributed by atoms with E-state index >= 15 is 0 Å². The molecule has 1 aliphatic heterocycles. The number of thiophene rings is 1. The van der Waals surface area contributed by atoms with Crippen LogP contribution in [0.2, 0.25) is 5.02 Å². The maximum Gasteiger partial charge on any atom is 0.417 e. The second-order valence-electron chi connectivity index (χ2n) is 5.45. The second kappa shape index (κ2) is 6.61. The summed E-state index contributed by atoms with van der Waals surface area (Å²) in [5, 5.41) is 1.65. The molecule has 1 aromatic carbocycles. The van der Waals surface area contributed by atoms with Crippen molar-refractivity contribution in [2.24, 2.45) is 0 Å². The number of carbonyl (C=O) groups is 1. The number of alkyl halides is 3. The minimum absolute atomic E-state index is 0.213. The number of halogens is 4. The number of rotatable bonds is 2. The lowest BCUT2D eigenvalue weighted by molar-refractivity contribution is -0.137. The lowest BCUT2D eigenvalue weighted by Crippen LogP contribution is -2.34. The summed E-state index contributed by atoms with van der Waals surface area (Å²) in [7, 11) is 0. The highest BCUT2D eigenvalue weighted by molar-refractivity contribution is 7.10. The van der Waals surface area contributed by atoms with E-state index in [1.165, 1.54) is 29.2 Å². The molecular weight excluding hydrogens is 359 g/mol. The summed E-state index contributed by atoms with van der Waals surface area (Å²) < 4.78 is 38.5. The molecule has 126 valence electrons. The molecule has 0 spiro atoms. The van der Waals surface area contributed by atoms with Crippen LogP contribution in [0.4, 0.5) is 13.2 Å². The van der Waals surface area contributed by atoms with Crippen LogP contribution in [0.15, 0.2) is 35.7 Å². The first-order chi connectivity index (χ1) is 11.3. The van der Waals surface area contributed by atoms with Crippen LogP contribution >= 0.6 is 22.9 Å². The van der Waals surface area contributed by atoms with Crippen molar-refractivity contribution in [3.05, 3.63) is 62.3 Å². The SMILES string of the molecule is O=C(/C=C/c1ccc(Cl)c(C(F)(F)F)c1)N1CCc2sccc2C1. The van der Waals surface area contributed by atoms with Crippen molar-refractivity contribution in [1.82, 2.24) is 4.90 Å². The zero-order chi connectivity index (χ0) is 17.3. The van der Waals surface area contributed by atoms with E-state index in [4.69, 9.17) is 11.6 Å². The van der Waals surface area contributed by atoms with Gasteiger partial charge >= 0.3 is 6.18 Å². The minimum atomic E-state index is -4.52. The molecule has 24 heavy (non-hydrogen) atoms. The lowest BCUT2D eigenvalue weighted by atomic mass is 10.1. The number of amides is 1. The van der Waals surface area contributed by atoms with Gasteiger partial charge in [0.1, 0.15) is 0 Å². The zero-order valence-corrected chi connectivity index (χ0v) is 14.0. The Bertz CT molecular complexity index is 797. The molecule has 1 aliphatic rings. The molecule has 0 saturated heterocycles. The number of benzene rings is 1. The summed E-state index contributed by atoms with van der Waals surface area (Å²) in [6.45, 7) is 1.15. The fourth-order valence-electron chi connectivity index (χ4n) is 2.57. The van der Waals surface area contributed by atoms with Crippen LogP contribution in [0.5, 0.6) is 0 Å². The molecule has 2 aromatic rings. The number of carbonyl (C=O) groups excluding carboxylic acids is 1. The summed E-state index contributed by atoms with van der Waals surface area (Å²) in [4.78, 5) is 15.2. The summed E-state index contributed by atoms with van der Waals surface area (Å²) in [6, 6.07) is 5.58. The topological polar surface area (TPSA) is 20.3 Å². The highest BCUT2D eigenvalue weighted by Gasteiger charge is 2.33. The summed E-state index contributed by atoms with van der Waals surface area (Å²) in [6.07, 6.45) is -1.02. The molecule has 0 aliphatic carbocycles. The Morgan fingerprint density at radius 1 is 1.29 bits per heavy atom. The van der Waals surface area contributed by atoms with E-state index in [0.717, 1.165) is 18.1 Å². The van der Waals surface area contributed by atoms with E-state index in [2.05, 4.69) is 0 Å². The average molecular weight is 372 g/mol. The van der Waals surface area contributed by atoms with Gasteiger partial charge in [-0.1, -0.05) is 17.7 Å².